The molecule has 0 aliphatic rings. The van der Waals surface area contributed by atoms with Crippen LogP contribution in [0.3, 0.4) is 0 Å². The molecule has 0 fully saturated rings. The Bertz CT molecular complexity index is 164. The first-order valence-corrected chi connectivity index (χ1v) is 4.65. The fourth-order valence-electron chi connectivity index (χ4n) is 1.07. The predicted molar refractivity (Wildman–Crippen MR) is 54.9 cm³/mol. The molecule has 1 unspecified atom stereocenters. The van der Waals surface area contributed by atoms with Gasteiger partial charge < -0.3 is 0 Å². The van der Waals surface area contributed by atoms with E-state index >= 15 is 0 Å². The van der Waals surface area contributed by atoms with Crippen molar-refractivity contribution >= 4 is 11.6 Å². The van der Waals surface area contributed by atoms with Crippen LogP contribution >= 0.6 is 11.6 Å². The molecule has 0 radical (unpaired) electrons. The molecule has 0 rings (SSSR count). The van der Waals surface area contributed by atoms with Crippen LogP contribution < -0.4 is 0 Å². The smallest absolute Gasteiger partial charge is 0.0308 e. The fraction of sp³-hybridized carbons (Fsp3) is 0.636. The van der Waals surface area contributed by atoms with Crippen LogP contribution in [0.2, 0.25) is 0 Å². The van der Waals surface area contributed by atoms with E-state index < -0.39 is 0 Å². The maximum Gasteiger partial charge on any atom is 0.0308 e. The van der Waals surface area contributed by atoms with Gasteiger partial charge in [-0.3, -0.25) is 0 Å². The molecule has 0 spiro atoms. The average Bonchev–Trinajstić information content (AvgIpc) is 2.01. The molecule has 0 bridgehead atoms. The van der Waals surface area contributed by atoms with E-state index in [1.54, 1.807) is 0 Å². The van der Waals surface area contributed by atoms with Crippen LogP contribution in [-0.2, 0) is 0 Å². The zero-order chi connectivity index (χ0) is 9.40. The van der Waals surface area contributed by atoms with Crippen LogP contribution in [0.1, 0.15) is 32.6 Å². The van der Waals surface area contributed by atoms with Crippen molar-refractivity contribution in [2.75, 3.05) is 0 Å². The van der Waals surface area contributed by atoms with Crippen LogP contribution in [0.4, 0.5) is 0 Å². The number of terminal acetylenes is 2. The summed E-state index contributed by atoms with van der Waals surface area (Å²) in [7, 11) is 0. The number of rotatable bonds is 5. The van der Waals surface area contributed by atoms with Crippen molar-refractivity contribution in [2.45, 2.75) is 38.0 Å². The summed E-state index contributed by atoms with van der Waals surface area (Å²) in [5.74, 6) is 5.73. The fourth-order valence-corrected chi connectivity index (χ4v) is 1.20. The van der Waals surface area contributed by atoms with Gasteiger partial charge in [-0.25, -0.2) is 0 Å². The molecule has 66 valence electrons. The van der Waals surface area contributed by atoms with Gasteiger partial charge in [0.2, 0.25) is 0 Å². The summed E-state index contributed by atoms with van der Waals surface area (Å²) in [4.78, 5) is 0. The molecular formula is C11H15Cl. The minimum atomic E-state index is 0.225. The zero-order valence-electron chi connectivity index (χ0n) is 7.52. The van der Waals surface area contributed by atoms with Crippen molar-refractivity contribution in [1.29, 1.82) is 0 Å². The highest BCUT2D eigenvalue weighted by molar-refractivity contribution is 6.20. The van der Waals surface area contributed by atoms with Crippen LogP contribution in [-0.4, -0.2) is 5.38 Å². The highest BCUT2D eigenvalue weighted by Gasteiger charge is 2.07. The van der Waals surface area contributed by atoms with Crippen molar-refractivity contribution in [2.24, 2.45) is 5.92 Å². The molecule has 0 aromatic heterocycles. The van der Waals surface area contributed by atoms with E-state index in [1.165, 1.54) is 0 Å². The molecule has 0 N–H and O–H groups in total. The minimum absolute atomic E-state index is 0.225. The first kappa shape index (κ1) is 11.4. The third-order valence-electron chi connectivity index (χ3n) is 1.79. The Labute approximate surface area is 80.7 Å². The lowest BCUT2D eigenvalue weighted by Crippen LogP contribution is -2.01. The van der Waals surface area contributed by atoms with Gasteiger partial charge in [-0.2, -0.15) is 0 Å². The van der Waals surface area contributed by atoms with E-state index in [-0.39, 0.29) is 5.38 Å². The summed E-state index contributed by atoms with van der Waals surface area (Å²) in [5.41, 5.74) is 0. The largest absolute Gasteiger partial charge is 0.123 e. The number of hydrogen-bond acceptors (Lipinski definition) is 0. The molecule has 0 aromatic carbocycles. The minimum Gasteiger partial charge on any atom is -0.123 e. The van der Waals surface area contributed by atoms with Crippen molar-refractivity contribution in [3.8, 4) is 24.7 Å². The highest BCUT2D eigenvalue weighted by atomic mass is 35.5. The standard InChI is InChI=1S/C11H15Cl/c1-4-6-11(7-5-2)9-8-10(3)12/h1-2,10-11H,6-9H2,3H3. The van der Waals surface area contributed by atoms with E-state index in [0.717, 1.165) is 25.7 Å². The molecule has 0 aromatic rings. The molecule has 0 saturated carbocycles. The summed E-state index contributed by atoms with van der Waals surface area (Å²) < 4.78 is 0. The average molecular weight is 183 g/mol. The molecule has 0 saturated heterocycles. The Morgan fingerprint density at radius 1 is 1.17 bits per heavy atom. The molecule has 0 aliphatic carbocycles. The maximum absolute atomic E-state index is 5.82. The third kappa shape index (κ3) is 6.14. The van der Waals surface area contributed by atoms with Gasteiger partial charge in [0.1, 0.15) is 0 Å². The number of halogens is 1. The Morgan fingerprint density at radius 2 is 1.67 bits per heavy atom. The first-order valence-electron chi connectivity index (χ1n) is 4.21. The second kappa shape index (κ2) is 7.08. The van der Waals surface area contributed by atoms with E-state index in [0.29, 0.717) is 5.92 Å². The molecule has 1 atom stereocenters. The van der Waals surface area contributed by atoms with Gasteiger partial charge in [-0.05, 0) is 25.7 Å². The Kier molecular flexibility index (Phi) is 6.73. The van der Waals surface area contributed by atoms with Crippen LogP contribution in [0.5, 0.6) is 0 Å². The number of hydrogen-bond donors (Lipinski definition) is 0. The van der Waals surface area contributed by atoms with Crippen molar-refractivity contribution in [3.63, 3.8) is 0 Å². The second-order valence-electron chi connectivity index (χ2n) is 3.04. The molecule has 0 amide bonds. The number of alkyl halides is 1. The monoisotopic (exact) mass is 182 g/mol. The summed E-state index contributed by atoms with van der Waals surface area (Å²) >= 11 is 5.82. The van der Waals surface area contributed by atoms with Gasteiger partial charge in [0.25, 0.3) is 0 Å². The Morgan fingerprint density at radius 3 is 2.00 bits per heavy atom. The van der Waals surface area contributed by atoms with Gasteiger partial charge >= 0.3 is 0 Å². The summed E-state index contributed by atoms with van der Waals surface area (Å²) in [6.07, 6.45) is 14.0. The van der Waals surface area contributed by atoms with E-state index in [2.05, 4.69) is 11.8 Å². The van der Waals surface area contributed by atoms with E-state index in [4.69, 9.17) is 24.4 Å². The van der Waals surface area contributed by atoms with Crippen molar-refractivity contribution in [1.82, 2.24) is 0 Å². The molecule has 1 heteroatoms. The summed E-state index contributed by atoms with van der Waals surface area (Å²) in [6.45, 7) is 1.99. The third-order valence-corrected chi connectivity index (χ3v) is 2.00. The highest BCUT2D eigenvalue weighted by Crippen LogP contribution is 2.17. The second-order valence-corrected chi connectivity index (χ2v) is 3.79. The Hall–Kier alpha value is -0.590. The summed E-state index contributed by atoms with van der Waals surface area (Å²) in [6, 6.07) is 0. The molecule has 0 aliphatic heterocycles. The normalized spacial score (nSPS) is 12.1. The van der Waals surface area contributed by atoms with Crippen molar-refractivity contribution < 1.29 is 0 Å². The van der Waals surface area contributed by atoms with Gasteiger partial charge in [0.05, 0.1) is 0 Å². The lowest BCUT2D eigenvalue weighted by molar-refractivity contribution is 0.489. The molecular weight excluding hydrogens is 168 g/mol. The quantitative estimate of drug-likeness (QED) is 0.453. The van der Waals surface area contributed by atoms with Crippen molar-refractivity contribution in [3.05, 3.63) is 0 Å². The van der Waals surface area contributed by atoms with Gasteiger partial charge in [-0.1, -0.05) is 0 Å². The molecule has 0 nitrogen and oxygen atoms in total. The zero-order valence-corrected chi connectivity index (χ0v) is 8.27. The van der Waals surface area contributed by atoms with E-state index in [1.807, 2.05) is 6.92 Å². The first-order chi connectivity index (χ1) is 5.70. The van der Waals surface area contributed by atoms with Gasteiger partial charge in [0.15, 0.2) is 0 Å². The Balaban J connectivity index is 3.66. The van der Waals surface area contributed by atoms with Gasteiger partial charge in [-0.15, -0.1) is 36.3 Å². The maximum atomic E-state index is 5.82. The summed E-state index contributed by atoms with van der Waals surface area (Å²) in [5, 5.41) is 0.225. The van der Waals surface area contributed by atoms with Crippen LogP contribution in [0.25, 0.3) is 0 Å². The SMILES string of the molecule is C#CCC(CC#C)CCC(C)Cl. The molecule has 0 heterocycles. The van der Waals surface area contributed by atoms with Crippen LogP contribution in [0.15, 0.2) is 0 Å². The van der Waals surface area contributed by atoms with E-state index in [9.17, 15) is 0 Å². The molecule has 12 heavy (non-hydrogen) atoms. The van der Waals surface area contributed by atoms with Gasteiger partial charge in [0, 0.05) is 18.2 Å². The lowest BCUT2D eigenvalue weighted by Gasteiger charge is -2.11. The topological polar surface area (TPSA) is 0 Å². The van der Waals surface area contributed by atoms with Crippen LogP contribution in [0, 0.1) is 30.6 Å². The predicted octanol–water partition coefficient (Wildman–Crippen LogP) is 3.06. The lowest BCUT2D eigenvalue weighted by atomic mass is 9.96.